The third-order valence-corrected chi connectivity index (χ3v) is 3.66. The van der Waals surface area contributed by atoms with Crippen LogP contribution in [-0.2, 0) is 16.9 Å². The third-order valence-electron chi connectivity index (χ3n) is 3.66. The van der Waals surface area contributed by atoms with Crippen LogP contribution in [0.1, 0.15) is 23.6 Å². The number of hydrogen-bond acceptors (Lipinski definition) is 3. The molecule has 4 nitrogen and oxygen atoms in total. The maximum atomic E-state index is 13.9. The molecule has 5 heteroatoms. The molecule has 22 heavy (non-hydrogen) atoms. The van der Waals surface area contributed by atoms with E-state index in [9.17, 15) is 9.18 Å². The van der Waals surface area contributed by atoms with Crippen molar-refractivity contribution in [1.29, 1.82) is 5.26 Å². The molecule has 0 aromatic heterocycles. The summed E-state index contributed by atoms with van der Waals surface area (Å²) in [6, 6.07) is 15.1. The van der Waals surface area contributed by atoms with Gasteiger partial charge in [-0.1, -0.05) is 36.4 Å². The molecule has 0 radical (unpaired) electrons. The average molecular weight is 297 g/mol. The normalized spacial score (nSPS) is 13.1. The Balaban J connectivity index is 2.24. The summed E-state index contributed by atoms with van der Waals surface area (Å²) < 4.78 is 13.9. The number of amides is 1. The zero-order valence-electron chi connectivity index (χ0n) is 12.1. The quantitative estimate of drug-likeness (QED) is 0.888. The van der Waals surface area contributed by atoms with Crippen LogP contribution in [0.5, 0.6) is 0 Å². The Morgan fingerprint density at radius 2 is 2.00 bits per heavy atom. The van der Waals surface area contributed by atoms with Crippen molar-refractivity contribution in [2.75, 3.05) is 0 Å². The molecule has 0 spiro atoms. The van der Waals surface area contributed by atoms with Crippen molar-refractivity contribution in [3.8, 4) is 6.07 Å². The Bertz CT molecular complexity index is 724. The molecule has 2 aromatic rings. The van der Waals surface area contributed by atoms with E-state index in [-0.39, 0.29) is 12.1 Å². The standard InChI is InChI=1S/C17H16FN3O/c1-17(16(20)22,14-5-3-2-4-6-14)21-11-13-8-7-12(10-19)9-15(13)18/h2-9,21H,11H2,1H3,(H2,20,22). The predicted molar refractivity (Wildman–Crippen MR) is 80.9 cm³/mol. The first-order valence-electron chi connectivity index (χ1n) is 6.76. The molecule has 2 aromatic carbocycles. The molecule has 0 saturated heterocycles. The summed E-state index contributed by atoms with van der Waals surface area (Å²) in [4.78, 5) is 11.9. The van der Waals surface area contributed by atoms with Crippen LogP contribution in [0.3, 0.4) is 0 Å². The number of carbonyl (C=O) groups excluding carboxylic acids is 1. The molecule has 0 fully saturated rings. The number of primary amides is 1. The number of nitriles is 1. The number of halogens is 1. The van der Waals surface area contributed by atoms with Gasteiger partial charge in [0.05, 0.1) is 11.6 Å². The fourth-order valence-corrected chi connectivity index (χ4v) is 2.14. The van der Waals surface area contributed by atoms with Crippen LogP contribution >= 0.6 is 0 Å². The molecule has 0 saturated carbocycles. The number of nitrogens with one attached hydrogen (secondary N) is 1. The van der Waals surface area contributed by atoms with Crippen LogP contribution in [0.25, 0.3) is 0 Å². The van der Waals surface area contributed by atoms with Gasteiger partial charge in [-0.3, -0.25) is 10.1 Å². The lowest BCUT2D eigenvalue weighted by Crippen LogP contribution is -2.50. The highest BCUT2D eigenvalue weighted by atomic mass is 19.1. The van der Waals surface area contributed by atoms with Gasteiger partial charge in [0.25, 0.3) is 0 Å². The maximum absolute atomic E-state index is 13.9. The summed E-state index contributed by atoms with van der Waals surface area (Å²) in [5.41, 5.74) is 5.72. The summed E-state index contributed by atoms with van der Waals surface area (Å²) >= 11 is 0. The summed E-state index contributed by atoms with van der Waals surface area (Å²) in [6.07, 6.45) is 0. The number of carbonyl (C=O) groups is 1. The fraction of sp³-hybridized carbons (Fsp3) is 0.176. The zero-order chi connectivity index (χ0) is 16.2. The summed E-state index contributed by atoms with van der Waals surface area (Å²) in [5.74, 6) is -1.04. The molecule has 0 bridgehead atoms. The first-order chi connectivity index (χ1) is 10.5. The maximum Gasteiger partial charge on any atom is 0.242 e. The van der Waals surface area contributed by atoms with Crippen molar-refractivity contribution in [1.82, 2.24) is 5.32 Å². The number of rotatable bonds is 5. The lowest BCUT2D eigenvalue weighted by atomic mass is 9.91. The highest BCUT2D eigenvalue weighted by Crippen LogP contribution is 2.21. The molecular formula is C17H16FN3O. The van der Waals surface area contributed by atoms with Gasteiger partial charge in [-0.15, -0.1) is 0 Å². The van der Waals surface area contributed by atoms with Crippen molar-refractivity contribution >= 4 is 5.91 Å². The van der Waals surface area contributed by atoms with E-state index in [0.717, 1.165) is 0 Å². The molecule has 1 atom stereocenters. The van der Waals surface area contributed by atoms with Crippen molar-refractivity contribution in [3.63, 3.8) is 0 Å². The molecule has 3 N–H and O–H groups in total. The Hall–Kier alpha value is -2.71. The Labute approximate surface area is 128 Å². The monoisotopic (exact) mass is 297 g/mol. The number of hydrogen-bond donors (Lipinski definition) is 2. The smallest absolute Gasteiger partial charge is 0.242 e. The van der Waals surface area contributed by atoms with Gasteiger partial charge >= 0.3 is 0 Å². The SMILES string of the molecule is CC(NCc1ccc(C#N)cc1F)(C(N)=O)c1ccccc1. The van der Waals surface area contributed by atoms with Crippen molar-refractivity contribution in [3.05, 3.63) is 71.0 Å². The van der Waals surface area contributed by atoms with Crippen molar-refractivity contribution in [2.24, 2.45) is 5.73 Å². The minimum Gasteiger partial charge on any atom is -0.368 e. The molecule has 0 heterocycles. The van der Waals surface area contributed by atoms with Gasteiger partial charge in [0.2, 0.25) is 5.91 Å². The molecule has 0 aliphatic rings. The van der Waals surface area contributed by atoms with E-state index < -0.39 is 17.3 Å². The zero-order valence-corrected chi connectivity index (χ0v) is 12.1. The minimum absolute atomic E-state index is 0.117. The van der Waals surface area contributed by atoms with Gasteiger partial charge < -0.3 is 5.73 Å². The lowest BCUT2D eigenvalue weighted by molar-refractivity contribution is -0.124. The van der Waals surface area contributed by atoms with Gasteiger partial charge in [0.1, 0.15) is 11.4 Å². The van der Waals surface area contributed by atoms with Crippen molar-refractivity contribution < 1.29 is 9.18 Å². The van der Waals surface area contributed by atoms with Gasteiger partial charge in [0.15, 0.2) is 0 Å². The second kappa shape index (κ2) is 6.37. The largest absolute Gasteiger partial charge is 0.368 e. The third kappa shape index (κ3) is 3.13. The van der Waals surface area contributed by atoms with Gasteiger partial charge in [-0.25, -0.2) is 4.39 Å². The molecule has 1 amide bonds. The molecule has 1 unspecified atom stereocenters. The van der Waals surface area contributed by atoms with E-state index >= 15 is 0 Å². The first-order valence-corrected chi connectivity index (χ1v) is 6.76. The van der Waals surface area contributed by atoms with Gasteiger partial charge in [0, 0.05) is 12.1 Å². The molecule has 2 rings (SSSR count). The fourth-order valence-electron chi connectivity index (χ4n) is 2.14. The molecular weight excluding hydrogens is 281 g/mol. The first kappa shape index (κ1) is 15.7. The van der Waals surface area contributed by atoms with Crippen LogP contribution in [0.15, 0.2) is 48.5 Å². The second-order valence-electron chi connectivity index (χ2n) is 5.13. The second-order valence-corrected chi connectivity index (χ2v) is 5.13. The Morgan fingerprint density at radius 3 is 2.55 bits per heavy atom. The highest BCUT2D eigenvalue weighted by molar-refractivity contribution is 5.85. The molecule has 0 aliphatic heterocycles. The van der Waals surface area contributed by atoms with E-state index in [1.807, 2.05) is 12.1 Å². The van der Waals surface area contributed by atoms with Crippen LogP contribution in [0.2, 0.25) is 0 Å². The summed E-state index contributed by atoms with van der Waals surface area (Å²) in [6.45, 7) is 1.78. The Morgan fingerprint density at radius 1 is 1.32 bits per heavy atom. The van der Waals surface area contributed by atoms with Crippen LogP contribution in [0, 0.1) is 17.1 Å². The van der Waals surface area contributed by atoms with Crippen molar-refractivity contribution in [2.45, 2.75) is 19.0 Å². The molecule has 112 valence electrons. The van der Waals surface area contributed by atoms with Gasteiger partial charge in [-0.05, 0) is 24.6 Å². The topological polar surface area (TPSA) is 78.9 Å². The van der Waals surface area contributed by atoms with E-state index in [0.29, 0.717) is 11.1 Å². The van der Waals surface area contributed by atoms with E-state index in [1.54, 1.807) is 31.2 Å². The molecule has 0 aliphatic carbocycles. The lowest BCUT2D eigenvalue weighted by Gasteiger charge is -2.28. The van der Waals surface area contributed by atoms with Crippen LogP contribution in [0.4, 0.5) is 4.39 Å². The number of nitrogens with two attached hydrogens (primary N) is 1. The van der Waals surface area contributed by atoms with E-state index in [4.69, 9.17) is 11.0 Å². The predicted octanol–water partition coefficient (Wildman–Crippen LogP) is 2.19. The summed E-state index contributed by atoms with van der Waals surface area (Å²) in [5, 5.41) is 11.7. The number of nitrogens with zero attached hydrogens (tertiary/aromatic N) is 1. The average Bonchev–Trinajstić information content (AvgIpc) is 2.53. The van der Waals surface area contributed by atoms with E-state index in [2.05, 4.69) is 5.32 Å². The van der Waals surface area contributed by atoms with Gasteiger partial charge in [-0.2, -0.15) is 5.26 Å². The van der Waals surface area contributed by atoms with Crippen LogP contribution < -0.4 is 11.1 Å². The summed E-state index contributed by atoms with van der Waals surface area (Å²) in [7, 11) is 0. The van der Waals surface area contributed by atoms with E-state index in [1.165, 1.54) is 18.2 Å². The Kier molecular flexibility index (Phi) is 4.54. The number of benzene rings is 2. The minimum atomic E-state index is -1.11. The highest BCUT2D eigenvalue weighted by Gasteiger charge is 2.32. The van der Waals surface area contributed by atoms with Crippen LogP contribution in [-0.4, -0.2) is 5.91 Å².